The van der Waals surface area contributed by atoms with Gasteiger partial charge >= 0.3 is 0 Å². The van der Waals surface area contributed by atoms with Crippen molar-refractivity contribution >= 4 is 23.4 Å². The molecular formula is C16H19N3O3S. The normalized spacial score (nSPS) is 11.7. The molecule has 0 aliphatic heterocycles. The van der Waals surface area contributed by atoms with Gasteiger partial charge in [0.1, 0.15) is 11.4 Å². The third kappa shape index (κ3) is 4.59. The Kier molecular flexibility index (Phi) is 5.81. The summed E-state index contributed by atoms with van der Waals surface area (Å²) >= 11 is 1.38. The quantitative estimate of drug-likeness (QED) is 0.647. The van der Waals surface area contributed by atoms with Crippen molar-refractivity contribution in [3.05, 3.63) is 36.3 Å². The number of nitrogens with one attached hydrogen (secondary N) is 1. The average Bonchev–Trinajstić information content (AvgIpc) is 2.54. The van der Waals surface area contributed by atoms with E-state index in [1.165, 1.54) is 18.1 Å². The standard InChI is InChI=1S/C16H19N3O3S/c1-10-7-15(18-9-17-10)23-11(2)16(20)19-12-5-6-13(21-3)14(8-12)22-4/h5-9,11H,1-4H3,(H,19,20). The second-order valence-electron chi connectivity index (χ2n) is 4.82. The van der Waals surface area contributed by atoms with Crippen molar-refractivity contribution < 1.29 is 14.3 Å². The number of rotatable bonds is 6. The number of aromatic nitrogens is 2. The Bertz CT molecular complexity index is 694. The first kappa shape index (κ1) is 17.1. The Hall–Kier alpha value is -2.28. The molecule has 0 fully saturated rings. The minimum Gasteiger partial charge on any atom is -0.493 e. The molecule has 6 nitrogen and oxygen atoms in total. The first-order valence-electron chi connectivity index (χ1n) is 7.01. The molecule has 0 spiro atoms. The fraction of sp³-hybridized carbons (Fsp3) is 0.312. The van der Waals surface area contributed by atoms with Gasteiger partial charge in [-0.2, -0.15) is 0 Å². The summed E-state index contributed by atoms with van der Waals surface area (Å²) in [5, 5.41) is 3.34. The number of hydrogen-bond acceptors (Lipinski definition) is 6. The molecule has 1 heterocycles. The lowest BCUT2D eigenvalue weighted by atomic mass is 10.2. The van der Waals surface area contributed by atoms with Crippen LogP contribution in [-0.2, 0) is 4.79 Å². The predicted octanol–water partition coefficient (Wildman–Crippen LogP) is 2.92. The lowest BCUT2D eigenvalue weighted by Crippen LogP contribution is -2.22. The molecule has 1 aromatic carbocycles. The Balaban J connectivity index is 2.03. The Morgan fingerprint density at radius 3 is 2.57 bits per heavy atom. The van der Waals surface area contributed by atoms with Crippen molar-refractivity contribution in [2.45, 2.75) is 24.1 Å². The van der Waals surface area contributed by atoms with Crippen LogP contribution in [0, 0.1) is 6.92 Å². The van der Waals surface area contributed by atoms with Crippen LogP contribution in [0.3, 0.4) is 0 Å². The number of aryl methyl sites for hydroxylation is 1. The molecule has 0 aliphatic carbocycles. The highest BCUT2D eigenvalue weighted by molar-refractivity contribution is 8.00. The fourth-order valence-electron chi connectivity index (χ4n) is 1.89. The summed E-state index contributed by atoms with van der Waals surface area (Å²) in [7, 11) is 3.12. The maximum Gasteiger partial charge on any atom is 0.237 e. The molecule has 2 aromatic rings. The van der Waals surface area contributed by atoms with Crippen LogP contribution in [0.2, 0.25) is 0 Å². The molecule has 0 saturated heterocycles. The van der Waals surface area contributed by atoms with Gasteiger partial charge in [-0.1, -0.05) is 11.8 Å². The largest absolute Gasteiger partial charge is 0.493 e. The van der Waals surface area contributed by atoms with Crippen molar-refractivity contribution in [1.82, 2.24) is 9.97 Å². The van der Waals surface area contributed by atoms with Crippen LogP contribution < -0.4 is 14.8 Å². The number of ether oxygens (including phenoxy) is 2. The van der Waals surface area contributed by atoms with Gasteiger partial charge in [0.05, 0.1) is 19.5 Å². The molecule has 1 atom stereocenters. The van der Waals surface area contributed by atoms with Gasteiger partial charge in [0, 0.05) is 17.4 Å². The number of carbonyl (C=O) groups excluding carboxylic acids is 1. The first-order valence-corrected chi connectivity index (χ1v) is 7.89. The summed E-state index contributed by atoms with van der Waals surface area (Å²) in [4.78, 5) is 20.5. The number of nitrogens with zero attached hydrogens (tertiary/aromatic N) is 2. The van der Waals surface area contributed by atoms with Crippen LogP contribution >= 0.6 is 11.8 Å². The smallest absolute Gasteiger partial charge is 0.237 e. The molecule has 2 rings (SSSR count). The maximum atomic E-state index is 12.3. The Morgan fingerprint density at radius 2 is 1.91 bits per heavy atom. The number of thioether (sulfide) groups is 1. The summed E-state index contributed by atoms with van der Waals surface area (Å²) in [5.74, 6) is 1.07. The number of hydrogen-bond donors (Lipinski definition) is 1. The topological polar surface area (TPSA) is 73.3 Å². The van der Waals surface area contributed by atoms with Crippen LogP contribution in [0.15, 0.2) is 35.6 Å². The molecule has 0 saturated carbocycles. The van der Waals surface area contributed by atoms with E-state index < -0.39 is 0 Å². The van der Waals surface area contributed by atoms with Crippen LogP contribution in [0.5, 0.6) is 11.5 Å². The van der Waals surface area contributed by atoms with E-state index in [1.807, 2.05) is 19.9 Å². The first-order chi connectivity index (χ1) is 11.0. The van der Waals surface area contributed by atoms with E-state index in [9.17, 15) is 4.79 Å². The van der Waals surface area contributed by atoms with E-state index in [1.54, 1.807) is 32.4 Å². The summed E-state index contributed by atoms with van der Waals surface area (Å²) in [6, 6.07) is 7.10. The Labute approximate surface area is 139 Å². The molecule has 122 valence electrons. The van der Waals surface area contributed by atoms with Gasteiger partial charge in [0.25, 0.3) is 0 Å². The zero-order chi connectivity index (χ0) is 16.8. The van der Waals surface area contributed by atoms with Crippen molar-refractivity contribution in [2.75, 3.05) is 19.5 Å². The predicted molar refractivity (Wildman–Crippen MR) is 90.3 cm³/mol. The van der Waals surface area contributed by atoms with Crippen molar-refractivity contribution in [3.8, 4) is 11.5 Å². The third-order valence-corrected chi connectivity index (χ3v) is 4.13. The van der Waals surface area contributed by atoms with Gasteiger partial charge in [0.15, 0.2) is 11.5 Å². The van der Waals surface area contributed by atoms with E-state index in [0.29, 0.717) is 17.2 Å². The average molecular weight is 333 g/mol. The molecule has 23 heavy (non-hydrogen) atoms. The van der Waals surface area contributed by atoms with Gasteiger partial charge in [-0.25, -0.2) is 9.97 Å². The van der Waals surface area contributed by atoms with Crippen molar-refractivity contribution in [1.29, 1.82) is 0 Å². The monoisotopic (exact) mass is 333 g/mol. The fourth-order valence-corrected chi connectivity index (χ4v) is 2.76. The molecule has 0 aliphatic rings. The number of amides is 1. The summed E-state index contributed by atoms with van der Waals surface area (Å²) in [6.07, 6.45) is 1.50. The highest BCUT2D eigenvalue weighted by Gasteiger charge is 2.16. The zero-order valence-corrected chi connectivity index (χ0v) is 14.3. The van der Waals surface area contributed by atoms with Crippen molar-refractivity contribution in [2.24, 2.45) is 0 Å². The van der Waals surface area contributed by atoms with Gasteiger partial charge in [0.2, 0.25) is 5.91 Å². The second-order valence-corrected chi connectivity index (χ2v) is 6.18. The van der Waals surface area contributed by atoms with E-state index in [4.69, 9.17) is 9.47 Å². The van der Waals surface area contributed by atoms with Gasteiger partial charge < -0.3 is 14.8 Å². The third-order valence-electron chi connectivity index (χ3n) is 3.10. The van der Waals surface area contributed by atoms with Crippen LogP contribution in [0.1, 0.15) is 12.6 Å². The summed E-state index contributed by atoms with van der Waals surface area (Å²) < 4.78 is 10.4. The molecule has 7 heteroatoms. The summed E-state index contributed by atoms with van der Waals surface area (Å²) in [5.41, 5.74) is 1.52. The van der Waals surface area contributed by atoms with Crippen LogP contribution in [0.4, 0.5) is 5.69 Å². The molecule has 1 aromatic heterocycles. The number of benzene rings is 1. The van der Waals surface area contributed by atoms with Crippen LogP contribution in [-0.4, -0.2) is 35.3 Å². The SMILES string of the molecule is COc1ccc(NC(=O)C(C)Sc2cc(C)ncn2)cc1OC. The molecule has 0 radical (unpaired) electrons. The number of anilines is 1. The minimum atomic E-state index is -0.294. The zero-order valence-electron chi connectivity index (χ0n) is 13.5. The van der Waals surface area contributed by atoms with E-state index in [-0.39, 0.29) is 11.2 Å². The lowest BCUT2D eigenvalue weighted by molar-refractivity contribution is -0.115. The molecule has 1 amide bonds. The lowest BCUT2D eigenvalue weighted by Gasteiger charge is -2.13. The molecule has 0 bridgehead atoms. The summed E-state index contributed by atoms with van der Waals surface area (Å²) in [6.45, 7) is 3.72. The highest BCUT2D eigenvalue weighted by atomic mass is 32.2. The van der Waals surface area contributed by atoms with Gasteiger partial charge in [-0.15, -0.1) is 0 Å². The van der Waals surface area contributed by atoms with Gasteiger partial charge in [-0.05, 0) is 32.0 Å². The molecule has 1 unspecified atom stereocenters. The Morgan fingerprint density at radius 1 is 1.17 bits per heavy atom. The van der Waals surface area contributed by atoms with E-state index in [0.717, 1.165) is 10.7 Å². The number of methoxy groups -OCH3 is 2. The van der Waals surface area contributed by atoms with Gasteiger partial charge in [-0.3, -0.25) is 4.79 Å². The highest BCUT2D eigenvalue weighted by Crippen LogP contribution is 2.30. The van der Waals surface area contributed by atoms with E-state index >= 15 is 0 Å². The number of carbonyl (C=O) groups is 1. The van der Waals surface area contributed by atoms with Crippen LogP contribution in [0.25, 0.3) is 0 Å². The molecule has 1 N–H and O–H groups in total. The second kappa shape index (κ2) is 7.82. The maximum absolute atomic E-state index is 12.3. The van der Waals surface area contributed by atoms with Crippen molar-refractivity contribution in [3.63, 3.8) is 0 Å². The minimum absolute atomic E-state index is 0.113. The van der Waals surface area contributed by atoms with E-state index in [2.05, 4.69) is 15.3 Å². The molecular weight excluding hydrogens is 314 g/mol.